The molecule has 0 unspecified atom stereocenters. The summed E-state index contributed by atoms with van der Waals surface area (Å²) in [6, 6.07) is 9.22. The molecule has 2 N–H and O–H groups in total. The molecule has 3 rings (SSSR count). The Labute approximate surface area is 164 Å². The Kier molecular flexibility index (Phi) is 5.50. The molecule has 1 aromatic carbocycles. The van der Waals surface area contributed by atoms with Crippen LogP contribution in [0.15, 0.2) is 41.8 Å². The fourth-order valence-corrected chi connectivity index (χ4v) is 3.56. The van der Waals surface area contributed by atoms with Gasteiger partial charge in [0, 0.05) is 34.5 Å². The summed E-state index contributed by atoms with van der Waals surface area (Å²) in [5.41, 5.74) is 7.09. The Bertz CT molecular complexity index is 1040. The molecule has 2 aromatic heterocycles. The monoisotopic (exact) mass is 399 g/mol. The van der Waals surface area contributed by atoms with Crippen LogP contribution in [0.3, 0.4) is 0 Å². The van der Waals surface area contributed by atoms with E-state index in [9.17, 15) is 19.7 Å². The predicted molar refractivity (Wildman–Crippen MR) is 103 cm³/mol. The van der Waals surface area contributed by atoms with Gasteiger partial charge in [-0.1, -0.05) is 6.07 Å². The number of hydrazine groups is 1. The first-order chi connectivity index (χ1) is 13.3. The van der Waals surface area contributed by atoms with Crippen LogP contribution >= 0.6 is 11.3 Å². The normalized spacial score (nSPS) is 10.5. The van der Waals surface area contributed by atoms with Crippen molar-refractivity contribution in [1.82, 2.24) is 20.4 Å². The fraction of sp³-hybridized carbons (Fsp3) is 0.167. The third kappa shape index (κ3) is 4.23. The van der Waals surface area contributed by atoms with E-state index >= 15 is 0 Å². The maximum Gasteiger partial charge on any atom is 0.270 e. The van der Waals surface area contributed by atoms with Crippen LogP contribution in [0.2, 0.25) is 0 Å². The largest absolute Gasteiger partial charge is 0.295 e. The van der Waals surface area contributed by atoms with Crippen molar-refractivity contribution in [1.29, 1.82) is 0 Å². The minimum atomic E-state index is -0.644. The number of thiazole rings is 1. The smallest absolute Gasteiger partial charge is 0.270 e. The number of nitrogens with one attached hydrogen (secondary N) is 2. The van der Waals surface area contributed by atoms with Gasteiger partial charge in [-0.25, -0.2) is 4.98 Å². The summed E-state index contributed by atoms with van der Waals surface area (Å²) in [4.78, 5) is 38.8. The van der Waals surface area contributed by atoms with E-state index in [4.69, 9.17) is 0 Å². The second kappa shape index (κ2) is 8.01. The average molecular weight is 399 g/mol. The van der Waals surface area contributed by atoms with E-state index in [1.165, 1.54) is 29.5 Å². The maximum absolute atomic E-state index is 12.1. The Morgan fingerprint density at radius 2 is 1.89 bits per heavy atom. The Balaban J connectivity index is 1.58. The molecular weight excluding hydrogens is 382 g/mol. The first-order valence-electron chi connectivity index (χ1n) is 8.28. The first kappa shape index (κ1) is 19.2. The van der Waals surface area contributed by atoms with Crippen LogP contribution in [-0.2, 0) is 11.2 Å². The van der Waals surface area contributed by atoms with Crippen molar-refractivity contribution < 1.29 is 14.5 Å². The van der Waals surface area contributed by atoms with Crippen LogP contribution in [0.1, 0.15) is 27.4 Å². The van der Waals surface area contributed by atoms with Crippen molar-refractivity contribution in [3.05, 3.63) is 74.5 Å². The Hall–Kier alpha value is -3.53. The van der Waals surface area contributed by atoms with Gasteiger partial charge in [0.25, 0.3) is 11.6 Å². The maximum atomic E-state index is 12.1. The molecule has 0 spiro atoms. The zero-order valence-electron chi connectivity index (χ0n) is 15.1. The quantitative estimate of drug-likeness (QED) is 0.504. The topological polar surface area (TPSA) is 119 Å². The third-order valence-corrected chi connectivity index (χ3v) is 4.85. The predicted octanol–water partition coefficient (Wildman–Crippen LogP) is 2.46. The third-order valence-electron chi connectivity index (χ3n) is 3.98. The van der Waals surface area contributed by atoms with Gasteiger partial charge in [-0.05, 0) is 32.0 Å². The number of nitro benzene ring substituents is 1. The van der Waals surface area contributed by atoms with Crippen LogP contribution < -0.4 is 10.9 Å². The molecule has 0 saturated heterocycles. The van der Waals surface area contributed by atoms with E-state index in [0.717, 1.165) is 22.6 Å². The van der Waals surface area contributed by atoms with Crippen LogP contribution in [0.5, 0.6) is 0 Å². The first-order valence-corrected chi connectivity index (χ1v) is 9.16. The lowest BCUT2D eigenvalue weighted by Gasteiger charge is -2.07. The number of aryl methyl sites for hydroxylation is 2. The summed E-state index contributed by atoms with van der Waals surface area (Å²) in [5, 5.41) is 13.3. The van der Waals surface area contributed by atoms with Crippen molar-refractivity contribution in [3.63, 3.8) is 0 Å². The number of nitro groups is 1. The molecule has 28 heavy (non-hydrogen) atoms. The van der Waals surface area contributed by atoms with Crippen molar-refractivity contribution in [2.75, 3.05) is 0 Å². The number of amides is 2. The number of nitrogens with zero attached hydrogens (tertiary/aromatic N) is 3. The van der Waals surface area contributed by atoms with E-state index in [2.05, 4.69) is 15.8 Å². The molecule has 2 heterocycles. The summed E-state index contributed by atoms with van der Waals surface area (Å²) in [6.45, 7) is 3.95. The van der Waals surface area contributed by atoms with Crippen molar-refractivity contribution >= 4 is 28.8 Å². The van der Waals surface area contributed by atoms with Gasteiger partial charge in [0.15, 0.2) is 5.13 Å². The number of rotatable bonds is 5. The number of carbonyl (C=O) groups is 2. The Morgan fingerprint density at radius 3 is 2.57 bits per heavy atom. The molecule has 0 aliphatic rings. The summed E-state index contributed by atoms with van der Waals surface area (Å²) >= 11 is 1.42. The number of benzene rings is 1. The van der Waals surface area contributed by atoms with E-state index in [1.807, 2.05) is 30.5 Å². The number of hydrogen-bond acceptors (Lipinski definition) is 6. The molecular formula is C18H17N5O4S. The zero-order chi connectivity index (χ0) is 20.3. The molecule has 2 amide bonds. The van der Waals surface area contributed by atoms with Crippen LogP contribution in [-0.4, -0.2) is 26.3 Å². The molecule has 0 aliphatic heterocycles. The number of aromatic nitrogens is 2. The van der Waals surface area contributed by atoms with Gasteiger partial charge in [0.05, 0.1) is 17.0 Å². The molecule has 3 aromatic rings. The highest BCUT2D eigenvalue weighted by Gasteiger charge is 2.14. The SMILES string of the molecule is Cc1ccc(C)n1-c1nc(CC(=O)NNC(=O)c2cccc([N+](=O)[O-])c2)cs1. The van der Waals surface area contributed by atoms with E-state index in [1.54, 1.807) is 5.38 Å². The van der Waals surface area contributed by atoms with Gasteiger partial charge >= 0.3 is 0 Å². The van der Waals surface area contributed by atoms with Crippen LogP contribution in [0.4, 0.5) is 5.69 Å². The molecule has 0 radical (unpaired) electrons. The van der Waals surface area contributed by atoms with Gasteiger partial charge in [-0.15, -0.1) is 11.3 Å². The van der Waals surface area contributed by atoms with Gasteiger partial charge in [0.2, 0.25) is 5.91 Å². The molecule has 10 heteroatoms. The number of non-ortho nitro benzene ring substituents is 1. The number of hydrogen-bond donors (Lipinski definition) is 2. The lowest BCUT2D eigenvalue weighted by Crippen LogP contribution is -2.42. The Morgan fingerprint density at radius 1 is 1.18 bits per heavy atom. The summed E-state index contributed by atoms with van der Waals surface area (Å²) in [6.07, 6.45) is -0.00885. The molecule has 9 nitrogen and oxygen atoms in total. The fourth-order valence-electron chi connectivity index (χ4n) is 2.62. The summed E-state index contributed by atoms with van der Waals surface area (Å²) in [5.74, 6) is -1.09. The van der Waals surface area contributed by atoms with Crippen LogP contribution in [0, 0.1) is 24.0 Å². The van der Waals surface area contributed by atoms with Crippen molar-refractivity contribution in [2.45, 2.75) is 20.3 Å². The molecule has 0 atom stereocenters. The highest BCUT2D eigenvalue weighted by atomic mass is 32.1. The molecule has 0 bridgehead atoms. The lowest BCUT2D eigenvalue weighted by molar-refractivity contribution is -0.384. The van der Waals surface area contributed by atoms with Gasteiger partial charge < -0.3 is 0 Å². The molecule has 0 aliphatic carbocycles. The summed E-state index contributed by atoms with van der Waals surface area (Å²) < 4.78 is 2.00. The van der Waals surface area contributed by atoms with E-state index in [-0.39, 0.29) is 17.7 Å². The van der Waals surface area contributed by atoms with Crippen LogP contribution in [0.25, 0.3) is 5.13 Å². The highest BCUT2D eigenvalue weighted by molar-refractivity contribution is 7.12. The molecule has 144 valence electrons. The second-order valence-corrected chi connectivity index (χ2v) is 6.90. The van der Waals surface area contributed by atoms with Crippen molar-refractivity contribution in [2.24, 2.45) is 0 Å². The second-order valence-electron chi connectivity index (χ2n) is 6.06. The van der Waals surface area contributed by atoms with Gasteiger partial charge in [0.1, 0.15) is 0 Å². The highest BCUT2D eigenvalue weighted by Crippen LogP contribution is 2.20. The minimum Gasteiger partial charge on any atom is -0.295 e. The molecule has 0 saturated carbocycles. The molecule has 0 fully saturated rings. The zero-order valence-corrected chi connectivity index (χ0v) is 15.9. The van der Waals surface area contributed by atoms with Gasteiger partial charge in [-0.2, -0.15) is 0 Å². The lowest BCUT2D eigenvalue weighted by atomic mass is 10.2. The van der Waals surface area contributed by atoms with E-state index < -0.39 is 16.7 Å². The standard InChI is InChI=1S/C18H17N5O4S/c1-11-6-7-12(2)22(11)18-19-14(10-28-18)9-16(24)20-21-17(25)13-4-3-5-15(8-13)23(26)27/h3-8,10H,9H2,1-2H3,(H,20,24)(H,21,25). The minimum absolute atomic E-state index is 0.00885. The number of carbonyl (C=O) groups excluding carboxylic acids is 2. The average Bonchev–Trinajstić information content (AvgIpc) is 3.25. The van der Waals surface area contributed by atoms with Crippen molar-refractivity contribution in [3.8, 4) is 5.13 Å². The summed E-state index contributed by atoms with van der Waals surface area (Å²) in [7, 11) is 0. The van der Waals surface area contributed by atoms with E-state index in [0.29, 0.717) is 5.69 Å². The van der Waals surface area contributed by atoms with Gasteiger partial charge in [-0.3, -0.25) is 35.1 Å².